The molecule has 4 aromatic carbocycles. The number of carbonyl (C=O) groups excluding carboxylic acids is 2. The maximum absolute atomic E-state index is 12.9. The molecule has 0 spiro atoms. The van der Waals surface area contributed by atoms with Crippen LogP contribution in [0.5, 0.6) is 0 Å². The van der Waals surface area contributed by atoms with E-state index >= 15 is 0 Å². The Kier molecular flexibility index (Phi) is 13.7. The minimum atomic E-state index is -1.07. The molecule has 0 radical (unpaired) electrons. The van der Waals surface area contributed by atoms with Gasteiger partial charge in [0.2, 0.25) is 6.29 Å². The summed E-state index contributed by atoms with van der Waals surface area (Å²) in [5, 5.41) is 0. The smallest absolute Gasteiger partial charge is 0.290 e. The predicted octanol–water partition coefficient (Wildman–Crippen LogP) is 10.1. The van der Waals surface area contributed by atoms with Gasteiger partial charge in [0.25, 0.3) is 0 Å². The highest BCUT2D eigenvalue weighted by Crippen LogP contribution is 2.23. The van der Waals surface area contributed by atoms with Crippen molar-refractivity contribution >= 4 is 11.9 Å². The Hall–Kier alpha value is -4.26. The van der Waals surface area contributed by atoms with E-state index in [1.165, 1.54) is 38.5 Å². The van der Waals surface area contributed by atoms with Crippen LogP contribution < -0.4 is 0 Å². The average molecular weight is 595 g/mol. The van der Waals surface area contributed by atoms with Crippen molar-refractivity contribution in [2.45, 2.75) is 77.4 Å². The summed E-state index contributed by atoms with van der Waals surface area (Å²) in [5.74, 6) is -1.32. The monoisotopic (exact) mass is 594 g/mol. The van der Waals surface area contributed by atoms with E-state index in [0.717, 1.165) is 41.5 Å². The number of carbonyl (C=O) groups is 2. The van der Waals surface area contributed by atoms with Crippen LogP contribution >= 0.6 is 0 Å². The van der Waals surface area contributed by atoms with Crippen molar-refractivity contribution in [3.05, 3.63) is 120 Å². The quantitative estimate of drug-likeness (QED) is 0.0494. The molecule has 0 bridgehead atoms. The van der Waals surface area contributed by atoms with Gasteiger partial charge in [-0.2, -0.15) is 0 Å². The Balaban J connectivity index is 1.33. The van der Waals surface area contributed by atoms with Crippen LogP contribution in [0.1, 0.15) is 91.8 Å². The van der Waals surface area contributed by atoms with Crippen molar-refractivity contribution in [2.24, 2.45) is 0 Å². The first-order valence-corrected chi connectivity index (χ1v) is 15.7. The zero-order valence-electron chi connectivity index (χ0n) is 25.5. The summed E-state index contributed by atoms with van der Waals surface area (Å²) in [7, 11) is 0. The molecule has 4 rings (SSSR count). The molecule has 0 heterocycles. The zero-order chi connectivity index (χ0) is 30.8. The minimum Gasteiger partial charge on any atom is -0.290 e. The van der Waals surface area contributed by atoms with Gasteiger partial charge in [0.05, 0.1) is 11.1 Å². The third kappa shape index (κ3) is 10.8. The summed E-state index contributed by atoms with van der Waals surface area (Å²) in [6.07, 6.45) is 9.66. The number of benzene rings is 4. The molecule has 0 atom stereocenters. The molecule has 0 amide bonds. The molecule has 0 aromatic heterocycles. The van der Waals surface area contributed by atoms with Gasteiger partial charge in [-0.05, 0) is 52.9 Å². The third-order valence-corrected chi connectivity index (χ3v) is 7.42. The molecule has 0 saturated heterocycles. The lowest BCUT2D eigenvalue weighted by molar-refractivity contribution is -0.421. The molecule has 6 heteroatoms. The molecule has 6 nitrogen and oxygen atoms in total. The van der Waals surface area contributed by atoms with Crippen LogP contribution in [0.15, 0.2) is 109 Å². The lowest BCUT2D eigenvalue weighted by Gasteiger charge is -2.15. The largest absolute Gasteiger partial charge is 0.373 e. The van der Waals surface area contributed by atoms with Gasteiger partial charge in [0.1, 0.15) is 0 Å². The van der Waals surface area contributed by atoms with Crippen LogP contribution in [0, 0.1) is 0 Å². The number of hydrogen-bond acceptors (Lipinski definition) is 6. The highest BCUT2D eigenvalue weighted by molar-refractivity contribution is 5.91. The van der Waals surface area contributed by atoms with E-state index in [4.69, 9.17) is 19.6 Å². The Morgan fingerprint density at radius 2 is 0.909 bits per heavy atom. The molecular weight excluding hydrogens is 552 g/mol. The number of unbranched alkanes of at least 4 members (excludes halogenated alkanes) is 8. The SMILES string of the molecule is CCCCCCCCCCCC(OOC(=O)c1cccc(-c2ccccc2)c1)OOC(=O)c1cccc(-c2ccccc2)c1. The summed E-state index contributed by atoms with van der Waals surface area (Å²) in [5.41, 5.74) is 4.41. The molecule has 0 saturated carbocycles. The second-order valence-electron chi connectivity index (χ2n) is 10.9. The summed E-state index contributed by atoms with van der Waals surface area (Å²) in [6, 6.07) is 33.8. The van der Waals surface area contributed by atoms with Gasteiger partial charge in [-0.1, -0.05) is 143 Å². The van der Waals surface area contributed by atoms with Gasteiger partial charge < -0.3 is 0 Å². The second kappa shape index (κ2) is 18.4. The van der Waals surface area contributed by atoms with Gasteiger partial charge >= 0.3 is 11.9 Å². The topological polar surface area (TPSA) is 71.1 Å². The Morgan fingerprint density at radius 3 is 1.36 bits per heavy atom. The molecule has 0 fully saturated rings. The predicted molar refractivity (Wildman–Crippen MR) is 172 cm³/mol. The molecule has 230 valence electrons. The van der Waals surface area contributed by atoms with Crippen molar-refractivity contribution in [1.29, 1.82) is 0 Å². The van der Waals surface area contributed by atoms with Crippen molar-refractivity contribution in [2.75, 3.05) is 0 Å². The molecule has 44 heavy (non-hydrogen) atoms. The maximum atomic E-state index is 12.9. The van der Waals surface area contributed by atoms with Crippen LogP contribution in [0.25, 0.3) is 22.3 Å². The first-order chi connectivity index (χ1) is 21.6. The highest BCUT2D eigenvalue weighted by Gasteiger charge is 2.20. The van der Waals surface area contributed by atoms with E-state index in [1.807, 2.05) is 72.8 Å². The number of rotatable bonds is 18. The summed E-state index contributed by atoms with van der Waals surface area (Å²) in [4.78, 5) is 46.9. The fourth-order valence-electron chi connectivity index (χ4n) is 4.94. The average Bonchev–Trinajstić information content (AvgIpc) is 3.09. The summed E-state index contributed by atoms with van der Waals surface area (Å²) >= 11 is 0. The molecule has 0 aliphatic rings. The van der Waals surface area contributed by atoms with Crippen molar-refractivity contribution in [3.8, 4) is 22.3 Å². The molecule has 0 unspecified atom stereocenters. The fourth-order valence-corrected chi connectivity index (χ4v) is 4.94. The van der Waals surface area contributed by atoms with E-state index in [1.54, 1.807) is 36.4 Å². The fraction of sp³-hybridized carbons (Fsp3) is 0.316. The van der Waals surface area contributed by atoms with E-state index in [0.29, 0.717) is 17.5 Å². The van der Waals surface area contributed by atoms with E-state index in [9.17, 15) is 9.59 Å². The first-order valence-electron chi connectivity index (χ1n) is 15.7. The van der Waals surface area contributed by atoms with Crippen molar-refractivity contribution in [1.82, 2.24) is 0 Å². The van der Waals surface area contributed by atoms with E-state index in [-0.39, 0.29) is 0 Å². The van der Waals surface area contributed by atoms with Crippen molar-refractivity contribution < 1.29 is 29.1 Å². The van der Waals surface area contributed by atoms with E-state index < -0.39 is 18.2 Å². The molecule has 0 aliphatic heterocycles. The maximum Gasteiger partial charge on any atom is 0.373 e. The Morgan fingerprint density at radius 1 is 0.500 bits per heavy atom. The van der Waals surface area contributed by atoms with Gasteiger partial charge in [-0.15, -0.1) is 9.78 Å². The zero-order valence-corrected chi connectivity index (χ0v) is 25.5. The second-order valence-corrected chi connectivity index (χ2v) is 10.9. The molecule has 4 aromatic rings. The Labute approximate surface area is 260 Å². The normalized spacial score (nSPS) is 11.0. The summed E-state index contributed by atoms with van der Waals surface area (Å²) in [6.45, 7) is 2.22. The van der Waals surface area contributed by atoms with Gasteiger partial charge in [-0.25, -0.2) is 9.59 Å². The lowest BCUT2D eigenvalue weighted by atomic mass is 10.0. The van der Waals surface area contributed by atoms with Crippen LogP contribution in [-0.4, -0.2) is 18.2 Å². The van der Waals surface area contributed by atoms with Crippen LogP contribution in [-0.2, 0) is 19.6 Å². The van der Waals surface area contributed by atoms with Crippen LogP contribution in [0.3, 0.4) is 0 Å². The van der Waals surface area contributed by atoms with Crippen molar-refractivity contribution in [3.63, 3.8) is 0 Å². The summed E-state index contributed by atoms with van der Waals surface area (Å²) < 4.78 is 0. The lowest BCUT2D eigenvalue weighted by Crippen LogP contribution is -2.22. The van der Waals surface area contributed by atoms with Gasteiger partial charge in [-0.3, -0.25) is 9.78 Å². The molecular formula is C38H42O6. The first kappa shape index (κ1) is 32.6. The molecule has 0 N–H and O–H groups in total. The molecule has 0 aliphatic carbocycles. The van der Waals surface area contributed by atoms with Gasteiger partial charge in [0.15, 0.2) is 0 Å². The third-order valence-electron chi connectivity index (χ3n) is 7.42. The van der Waals surface area contributed by atoms with Crippen LogP contribution in [0.2, 0.25) is 0 Å². The van der Waals surface area contributed by atoms with E-state index in [2.05, 4.69) is 6.92 Å². The van der Waals surface area contributed by atoms with Gasteiger partial charge in [0, 0.05) is 6.42 Å². The van der Waals surface area contributed by atoms with Crippen LogP contribution in [0.4, 0.5) is 0 Å². The standard InChI is InChI=1S/C38H42O6/c1-2-3-4-5-6-7-8-9-16-27-36(41-43-37(39)34-25-17-23-32(28-34)30-19-12-10-13-20-30)42-44-38(40)35-26-18-24-33(29-35)31-21-14-11-15-22-31/h10-15,17-26,28-29,36H,2-9,16,27H2,1H3. The number of hydrogen-bond donors (Lipinski definition) is 0. The minimum absolute atomic E-state index is 0.336. The highest BCUT2D eigenvalue weighted by atomic mass is 17.3. The Bertz CT molecular complexity index is 1320.